The molecule has 0 aliphatic carbocycles. The predicted octanol–water partition coefficient (Wildman–Crippen LogP) is 1.70. The minimum absolute atomic E-state index is 0.216. The van der Waals surface area contributed by atoms with Gasteiger partial charge in [0.2, 0.25) is 0 Å². The van der Waals surface area contributed by atoms with Gasteiger partial charge >= 0.3 is 17.5 Å². The Morgan fingerprint density at radius 1 is 1.67 bits per heavy atom. The third kappa shape index (κ3) is 3.01. The zero-order valence-corrected chi connectivity index (χ0v) is 8.17. The maximum Gasteiger partial charge on any atom is 0.331 e. The number of nitrogens with zero attached hydrogens (tertiary/aromatic N) is 2. The van der Waals surface area contributed by atoms with Crippen LogP contribution in [0.4, 0.5) is 5.69 Å². The molecule has 80 valence electrons. The molecule has 0 radical (unpaired) electrons. The van der Waals surface area contributed by atoms with Crippen LogP contribution in [0.25, 0.3) is 0 Å². The highest BCUT2D eigenvalue weighted by Crippen LogP contribution is 2.23. The molecule has 0 spiro atoms. The van der Waals surface area contributed by atoms with Gasteiger partial charge in [-0.15, -0.1) is 0 Å². The number of carbonyl (C=O) groups is 1. The Bertz CT molecular complexity index is 378. The van der Waals surface area contributed by atoms with Crippen LogP contribution in [0.3, 0.4) is 0 Å². The van der Waals surface area contributed by atoms with Crippen molar-refractivity contribution in [2.45, 2.75) is 19.8 Å². The molecule has 1 aromatic heterocycles. The van der Waals surface area contributed by atoms with Crippen molar-refractivity contribution in [3.63, 3.8) is 0 Å². The smallest absolute Gasteiger partial charge is 0.331 e. The number of hydrogen-bond acceptors (Lipinski definition) is 5. The van der Waals surface area contributed by atoms with Crippen molar-refractivity contribution in [1.82, 2.24) is 4.98 Å². The molecule has 0 atom stereocenters. The SMILES string of the molecule is CCCC(=O)Oc1ncccc1[N+](=O)[O-]. The molecule has 0 saturated heterocycles. The molecular formula is C9H10N2O4. The molecule has 1 heterocycles. The normalized spacial score (nSPS) is 9.67. The summed E-state index contributed by atoms with van der Waals surface area (Å²) < 4.78 is 4.76. The summed E-state index contributed by atoms with van der Waals surface area (Å²) in [6.07, 6.45) is 2.18. The lowest BCUT2D eigenvalue weighted by Crippen LogP contribution is -2.09. The van der Waals surface area contributed by atoms with Gasteiger partial charge in [-0.1, -0.05) is 6.92 Å². The summed E-state index contributed by atoms with van der Waals surface area (Å²) in [5.74, 6) is -0.764. The monoisotopic (exact) mass is 210 g/mol. The van der Waals surface area contributed by atoms with Crippen LogP contribution in [0.1, 0.15) is 19.8 Å². The molecule has 0 bridgehead atoms. The van der Waals surface area contributed by atoms with E-state index < -0.39 is 10.9 Å². The van der Waals surface area contributed by atoms with E-state index in [2.05, 4.69) is 4.98 Å². The lowest BCUT2D eigenvalue weighted by atomic mass is 10.3. The minimum atomic E-state index is -0.637. The number of pyridine rings is 1. The fourth-order valence-electron chi connectivity index (χ4n) is 0.963. The van der Waals surface area contributed by atoms with Gasteiger partial charge < -0.3 is 4.74 Å². The highest BCUT2D eigenvalue weighted by atomic mass is 16.6. The van der Waals surface area contributed by atoms with Crippen LogP contribution >= 0.6 is 0 Å². The second-order valence-electron chi connectivity index (χ2n) is 2.81. The van der Waals surface area contributed by atoms with Crippen molar-refractivity contribution >= 4 is 11.7 Å². The Kier molecular flexibility index (Phi) is 3.73. The van der Waals surface area contributed by atoms with Gasteiger partial charge in [-0.3, -0.25) is 14.9 Å². The first-order chi connectivity index (χ1) is 7.15. The zero-order valence-electron chi connectivity index (χ0n) is 8.17. The molecule has 0 aliphatic rings. The fourth-order valence-corrected chi connectivity index (χ4v) is 0.963. The summed E-state index contributed by atoms with van der Waals surface area (Å²) >= 11 is 0. The molecule has 0 N–H and O–H groups in total. The molecule has 6 nitrogen and oxygen atoms in total. The molecule has 0 fully saturated rings. The minimum Gasteiger partial charge on any atom is -0.401 e. The number of aromatic nitrogens is 1. The molecule has 15 heavy (non-hydrogen) atoms. The summed E-state index contributed by atoms with van der Waals surface area (Å²) in [5.41, 5.74) is -0.304. The highest BCUT2D eigenvalue weighted by molar-refractivity contribution is 5.72. The molecular weight excluding hydrogens is 200 g/mol. The van der Waals surface area contributed by atoms with Gasteiger partial charge in [0.25, 0.3) is 0 Å². The van der Waals surface area contributed by atoms with Crippen LogP contribution in [0.5, 0.6) is 5.88 Å². The Labute approximate surface area is 86.0 Å². The van der Waals surface area contributed by atoms with E-state index >= 15 is 0 Å². The van der Waals surface area contributed by atoms with Crippen LogP contribution in [-0.4, -0.2) is 15.9 Å². The predicted molar refractivity (Wildman–Crippen MR) is 51.4 cm³/mol. The van der Waals surface area contributed by atoms with Gasteiger partial charge in [-0.05, 0) is 12.5 Å². The third-order valence-electron chi connectivity index (χ3n) is 1.61. The van der Waals surface area contributed by atoms with Gasteiger partial charge in [0.1, 0.15) is 0 Å². The lowest BCUT2D eigenvalue weighted by Gasteiger charge is -2.01. The van der Waals surface area contributed by atoms with E-state index in [1.165, 1.54) is 18.3 Å². The van der Waals surface area contributed by atoms with Crippen LogP contribution in [0.2, 0.25) is 0 Å². The lowest BCUT2D eigenvalue weighted by molar-refractivity contribution is -0.386. The summed E-state index contributed by atoms with van der Waals surface area (Å²) in [5, 5.41) is 10.5. The average Bonchev–Trinajstić information content (AvgIpc) is 2.18. The third-order valence-corrected chi connectivity index (χ3v) is 1.61. The number of carbonyl (C=O) groups excluding carboxylic acids is 1. The molecule has 1 aromatic rings. The van der Waals surface area contributed by atoms with Crippen LogP contribution < -0.4 is 4.74 Å². The van der Waals surface area contributed by atoms with E-state index in [1.807, 2.05) is 6.92 Å². The molecule has 0 amide bonds. The number of ether oxygens (including phenoxy) is 1. The van der Waals surface area contributed by atoms with Gasteiger partial charge in [-0.25, -0.2) is 4.98 Å². The van der Waals surface area contributed by atoms with E-state index in [9.17, 15) is 14.9 Å². The number of esters is 1. The van der Waals surface area contributed by atoms with Crippen molar-refractivity contribution in [1.29, 1.82) is 0 Å². The molecule has 0 unspecified atom stereocenters. The number of hydrogen-bond donors (Lipinski definition) is 0. The first-order valence-corrected chi connectivity index (χ1v) is 4.45. The van der Waals surface area contributed by atoms with Crippen molar-refractivity contribution in [2.75, 3.05) is 0 Å². The Morgan fingerprint density at radius 2 is 2.40 bits per heavy atom. The first-order valence-electron chi connectivity index (χ1n) is 4.45. The second kappa shape index (κ2) is 5.04. The Hall–Kier alpha value is -1.98. The van der Waals surface area contributed by atoms with E-state index in [0.717, 1.165) is 0 Å². The quantitative estimate of drug-likeness (QED) is 0.429. The van der Waals surface area contributed by atoms with E-state index in [0.29, 0.717) is 6.42 Å². The van der Waals surface area contributed by atoms with Gasteiger partial charge in [0.15, 0.2) is 0 Å². The van der Waals surface area contributed by atoms with Gasteiger partial charge in [-0.2, -0.15) is 0 Å². The molecule has 6 heteroatoms. The summed E-state index contributed by atoms with van der Waals surface area (Å²) in [6, 6.07) is 2.65. The fraction of sp³-hybridized carbons (Fsp3) is 0.333. The molecule has 0 aromatic carbocycles. The van der Waals surface area contributed by atoms with Crippen molar-refractivity contribution in [2.24, 2.45) is 0 Å². The maximum atomic E-state index is 11.1. The van der Waals surface area contributed by atoms with Crippen molar-refractivity contribution < 1.29 is 14.5 Å². The number of nitro groups is 1. The Morgan fingerprint density at radius 3 is 3.00 bits per heavy atom. The largest absolute Gasteiger partial charge is 0.401 e. The van der Waals surface area contributed by atoms with Crippen molar-refractivity contribution in [3.8, 4) is 5.88 Å². The zero-order chi connectivity index (χ0) is 11.3. The van der Waals surface area contributed by atoms with Gasteiger partial charge in [0.05, 0.1) is 4.92 Å². The first kappa shape index (κ1) is 11.1. The second-order valence-corrected chi connectivity index (χ2v) is 2.81. The van der Waals surface area contributed by atoms with E-state index in [1.54, 1.807) is 0 Å². The molecule has 0 aliphatic heterocycles. The van der Waals surface area contributed by atoms with Crippen LogP contribution in [0.15, 0.2) is 18.3 Å². The Balaban J connectivity index is 2.84. The van der Waals surface area contributed by atoms with E-state index in [-0.39, 0.29) is 18.0 Å². The van der Waals surface area contributed by atoms with Gasteiger partial charge in [0, 0.05) is 18.7 Å². The average molecular weight is 210 g/mol. The summed E-state index contributed by atoms with van der Waals surface area (Å²) in [7, 11) is 0. The summed E-state index contributed by atoms with van der Waals surface area (Å²) in [6.45, 7) is 1.81. The highest BCUT2D eigenvalue weighted by Gasteiger charge is 2.18. The maximum absolute atomic E-state index is 11.1. The molecule has 0 saturated carbocycles. The van der Waals surface area contributed by atoms with Crippen LogP contribution in [0, 0.1) is 10.1 Å². The van der Waals surface area contributed by atoms with E-state index in [4.69, 9.17) is 4.74 Å². The summed E-state index contributed by atoms with van der Waals surface area (Å²) in [4.78, 5) is 24.6. The standard InChI is InChI=1S/C9H10N2O4/c1-2-4-8(12)15-9-7(11(13)14)5-3-6-10-9/h3,5-6H,2,4H2,1H3. The topological polar surface area (TPSA) is 82.3 Å². The molecule has 1 rings (SSSR count). The van der Waals surface area contributed by atoms with Crippen LogP contribution in [-0.2, 0) is 4.79 Å². The number of rotatable bonds is 4. The van der Waals surface area contributed by atoms with Crippen molar-refractivity contribution in [3.05, 3.63) is 28.4 Å².